The number of nitrogens with zero attached hydrogens (tertiary/aromatic N) is 1. The quantitative estimate of drug-likeness (QED) is 0.609. The summed E-state index contributed by atoms with van der Waals surface area (Å²) in [5.74, 6) is 0.987. The molecule has 0 aliphatic carbocycles. The van der Waals surface area contributed by atoms with E-state index in [1.54, 1.807) is 11.9 Å². The standard InChI is InChI=1S/C8H14N2O/c1-3-6-4-8(9)10(2)5-7(6)11/h6,9H,3-5H2,1-2H3. The number of piperidine rings is 1. The molecule has 1 saturated heterocycles. The molecule has 3 heteroatoms. The SMILES string of the molecule is CCC1CC(=N)N(C)CC1=O. The van der Waals surface area contributed by atoms with Crippen LogP contribution in [-0.4, -0.2) is 30.1 Å². The lowest BCUT2D eigenvalue weighted by Gasteiger charge is -2.29. The van der Waals surface area contributed by atoms with E-state index in [4.69, 9.17) is 5.41 Å². The molecule has 1 heterocycles. The van der Waals surface area contributed by atoms with Crippen LogP contribution in [0.1, 0.15) is 19.8 Å². The summed E-state index contributed by atoms with van der Waals surface area (Å²) in [7, 11) is 1.80. The fourth-order valence-corrected chi connectivity index (χ4v) is 1.33. The van der Waals surface area contributed by atoms with Crippen molar-refractivity contribution in [2.45, 2.75) is 19.8 Å². The largest absolute Gasteiger partial charge is 0.356 e. The zero-order valence-corrected chi connectivity index (χ0v) is 7.05. The monoisotopic (exact) mass is 154 g/mol. The van der Waals surface area contributed by atoms with Gasteiger partial charge >= 0.3 is 0 Å². The molecule has 0 aromatic heterocycles. The van der Waals surface area contributed by atoms with Crippen molar-refractivity contribution in [1.82, 2.24) is 4.90 Å². The van der Waals surface area contributed by atoms with E-state index in [0.717, 1.165) is 6.42 Å². The van der Waals surface area contributed by atoms with E-state index in [0.29, 0.717) is 18.8 Å². The first-order valence-electron chi connectivity index (χ1n) is 3.96. The number of hydrogen-bond donors (Lipinski definition) is 1. The molecule has 0 bridgehead atoms. The molecule has 1 aliphatic heterocycles. The number of amidine groups is 1. The number of rotatable bonds is 1. The van der Waals surface area contributed by atoms with Gasteiger partial charge in [-0.25, -0.2) is 0 Å². The predicted molar refractivity (Wildman–Crippen MR) is 43.8 cm³/mol. The molecule has 1 aliphatic rings. The fraction of sp³-hybridized carbons (Fsp3) is 0.750. The fourth-order valence-electron chi connectivity index (χ4n) is 1.33. The van der Waals surface area contributed by atoms with E-state index in [1.165, 1.54) is 0 Å². The highest BCUT2D eigenvalue weighted by molar-refractivity contribution is 5.95. The van der Waals surface area contributed by atoms with Crippen LogP contribution in [0.5, 0.6) is 0 Å². The zero-order chi connectivity index (χ0) is 8.43. The molecule has 0 aromatic carbocycles. The number of likely N-dealkylation sites (tertiary alicyclic amines) is 1. The molecule has 1 N–H and O–H groups in total. The van der Waals surface area contributed by atoms with Crippen molar-refractivity contribution >= 4 is 11.6 Å². The summed E-state index contributed by atoms with van der Waals surface area (Å²) in [6.45, 7) is 2.43. The van der Waals surface area contributed by atoms with Crippen LogP contribution in [0.4, 0.5) is 0 Å². The lowest BCUT2D eigenvalue weighted by molar-refractivity contribution is -0.123. The molecule has 62 valence electrons. The smallest absolute Gasteiger partial charge is 0.155 e. The van der Waals surface area contributed by atoms with Gasteiger partial charge in [-0.2, -0.15) is 0 Å². The number of likely N-dealkylation sites (N-methyl/N-ethyl adjacent to an activating group) is 1. The van der Waals surface area contributed by atoms with E-state index in [9.17, 15) is 4.79 Å². The molecule has 1 atom stereocenters. The second-order valence-corrected chi connectivity index (χ2v) is 3.08. The van der Waals surface area contributed by atoms with Crippen molar-refractivity contribution in [2.24, 2.45) is 5.92 Å². The Morgan fingerprint density at radius 3 is 2.91 bits per heavy atom. The third kappa shape index (κ3) is 1.59. The summed E-state index contributed by atoms with van der Waals surface area (Å²) >= 11 is 0. The Morgan fingerprint density at radius 2 is 2.36 bits per heavy atom. The highest BCUT2D eigenvalue weighted by atomic mass is 16.1. The minimum absolute atomic E-state index is 0.110. The summed E-state index contributed by atoms with van der Waals surface area (Å²) in [5.41, 5.74) is 0. The lowest BCUT2D eigenvalue weighted by atomic mass is 9.93. The van der Waals surface area contributed by atoms with Gasteiger partial charge in [0, 0.05) is 19.4 Å². The molecule has 0 radical (unpaired) electrons. The first-order valence-corrected chi connectivity index (χ1v) is 3.96. The number of ketones is 1. The summed E-state index contributed by atoms with van der Waals surface area (Å²) < 4.78 is 0. The van der Waals surface area contributed by atoms with Crippen LogP contribution in [-0.2, 0) is 4.79 Å². The van der Waals surface area contributed by atoms with Crippen molar-refractivity contribution < 1.29 is 4.79 Å². The van der Waals surface area contributed by atoms with E-state index in [2.05, 4.69) is 0 Å². The summed E-state index contributed by atoms with van der Waals surface area (Å²) in [6.07, 6.45) is 1.50. The van der Waals surface area contributed by atoms with Crippen LogP contribution >= 0.6 is 0 Å². The normalized spacial score (nSPS) is 26.0. The molecular formula is C8H14N2O. The van der Waals surface area contributed by atoms with Gasteiger partial charge in [0.05, 0.1) is 12.4 Å². The molecule has 0 spiro atoms. The van der Waals surface area contributed by atoms with Crippen LogP contribution < -0.4 is 0 Å². The number of Topliss-reactive ketones (excluding diaryl/α,β-unsaturated/α-hetero) is 1. The van der Waals surface area contributed by atoms with Gasteiger partial charge in [-0.3, -0.25) is 10.2 Å². The maximum atomic E-state index is 11.2. The zero-order valence-electron chi connectivity index (χ0n) is 7.05. The van der Waals surface area contributed by atoms with Crippen molar-refractivity contribution in [1.29, 1.82) is 5.41 Å². The average Bonchev–Trinajstić information content (AvgIpc) is 1.97. The molecule has 3 nitrogen and oxygen atoms in total. The van der Waals surface area contributed by atoms with Crippen LogP contribution in [0.15, 0.2) is 0 Å². The molecule has 11 heavy (non-hydrogen) atoms. The van der Waals surface area contributed by atoms with E-state index in [1.807, 2.05) is 6.92 Å². The van der Waals surface area contributed by atoms with E-state index < -0.39 is 0 Å². The van der Waals surface area contributed by atoms with Crippen LogP contribution in [0, 0.1) is 11.3 Å². The van der Waals surface area contributed by atoms with Gasteiger partial charge in [-0.1, -0.05) is 6.92 Å². The van der Waals surface area contributed by atoms with Gasteiger partial charge in [-0.05, 0) is 6.42 Å². The summed E-state index contributed by atoms with van der Waals surface area (Å²) in [5, 5.41) is 7.49. The van der Waals surface area contributed by atoms with Gasteiger partial charge in [0.2, 0.25) is 0 Å². The highest BCUT2D eigenvalue weighted by Gasteiger charge is 2.26. The number of nitrogens with one attached hydrogen (secondary N) is 1. The predicted octanol–water partition coefficient (Wildman–Crippen LogP) is 0.894. The first kappa shape index (κ1) is 8.24. The van der Waals surface area contributed by atoms with Crippen molar-refractivity contribution in [2.75, 3.05) is 13.6 Å². The number of carbonyl (C=O) groups is 1. The summed E-state index contributed by atoms with van der Waals surface area (Å²) in [4.78, 5) is 13.0. The van der Waals surface area contributed by atoms with Crippen molar-refractivity contribution in [3.8, 4) is 0 Å². The second-order valence-electron chi connectivity index (χ2n) is 3.08. The van der Waals surface area contributed by atoms with Gasteiger partial charge < -0.3 is 4.90 Å². The molecule has 1 fully saturated rings. The van der Waals surface area contributed by atoms with Crippen LogP contribution in [0.25, 0.3) is 0 Å². The molecule has 0 saturated carbocycles. The Kier molecular flexibility index (Phi) is 2.27. The topological polar surface area (TPSA) is 44.2 Å². The maximum absolute atomic E-state index is 11.2. The summed E-state index contributed by atoms with van der Waals surface area (Å²) in [6, 6.07) is 0. The minimum Gasteiger partial charge on any atom is -0.356 e. The highest BCUT2D eigenvalue weighted by Crippen LogP contribution is 2.16. The molecule has 0 aromatic rings. The lowest BCUT2D eigenvalue weighted by Crippen LogP contribution is -2.41. The third-order valence-corrected chi connectivity index (χ3v) is 2.24. The molecule has 1 unspecified atom stereocenters. The van der Waals surface area contributed by atoms with Gasteiger partial charge in [0.15, 0.2) is 5.78 Å². The third-order valence-electron chi connectivity index (χ3n) is 2.24. The number of hydrogen-bond acceptors (Lipinski definition) is 2. The van der Waals surface area contributed by atoms with Gasteiger partial charge in [-0.15, -0.1) is 0 Å². The number of carbonyl (C=O) groups excluding carboxylic acids is 1. The Bertz CT molecular complexity index is 189. The van der Waals surface area contributed by atoms with Crippen molar-refractivity contribution in [3.05, 3.63) is 0 Å². The Morgan fingerprint density at radius 1 is 1.73 bits per heavy atom. The second kappa shape index (κ2) is 3.03. The van der Waals surface area contributed by atoms with E-state index in [-0.39, 0.29) is 11.7 Å². The van der Waals surface area contributed by atoms with Crippen LogP contribution in [0.2, 0.25) is 0 Å². The molecular weight excluding hydrogens is 140 g/mol. The maximum Gasteiger partial charge on any atom is 0.155 e. The Balaban J connectivity index is 2.62. The van der Waals surface area contributed by atoms with Crippen LogP contribution in [0.3, 0.4) is 0 Å². The van der Waals surface area contributed by atoms with Crippen molar-refractivity contribution in [3.63, 3.8) is 0 Å². The Labute approximate surface area is 66.9 Å². The first-order chi connectivity index (χ1) is 5.15. The molecule has 0 amide bonds. The minimum atomic E-state index is 0.110. The average molecular weight is 154 g/mol. The van der Waals surface area contributed by atoms with E-state index >= 15 is 0 Å². The van der Waals surface area contributed by atoms with Gasteiger partial charge in [0.1, 0.15) is 0 Å². The Hall–Kier alpha value is -0.860. The van der Waals surface area contributed by atoms with Gasteiger partial charge in [0.25, 0.3) is 0 Å². The molecule has 1 rings (SSSR count).